The van der Waals surface area contributed by atoms with Crippen molar-refractivity contribution in [2.45, 2.75) is 6.54 Å². The predicted molar refractivity (Wildman–Crippen MR) is 66.2 cm³/mol. The molecule has 2 aromatic rings. The molecule has 0 N–H and O–H groups in total. The summed E-state index contributed by atoms with van der Waals surface area (Å²) in [6.45, 7) is 0.842. The van der Waals surface area contributed by atoms with Crippen LogP contribution in [0.5, 0.6) is 0 Å². The first-order valence-corrected chi connectivity index (χ1v) is 6.04. The van der Waals surface area contributed by atoms with Gasteiger partial charge in [-0.25, -0.2) is 4.98 Å². The lowest BCUT2D eigenvalue weighted by atomic mass is 10.2. The van der Waals surface area contributed by atoms with Crippen LogP contribution in [-0.2, 0) is 6.54 Å². The van der Waals surface area contributed by atoms with Crippen LogP contribution in [0.15, 0.2) is 35.1 Å². The van der Waals surface area contributed by atoms with Crippen molar-refractivity contribution in [3.63, 3.8) is 0 Å². The Morgan fingerprint density at radius 1 is 1.47 bits per heavy atom. The molecule has 5 heteroatoms. The third kappa shape index (κ3) is 2.76. The van der Waals surface area contributed by atoms with Crippen LogP contribution < -0.4 is 4.90 Å². The fourth-order valence-electron chi connectivity index (χ4n) is 1.31. The third-order valence-electron chi connectivity index (χ3n) is 1.98. The second-order valence-corrected chi connectivity index (χ2v) is 4.88. The van der Waals surface area contributed by atoms with Crippen molar-refractivity contribution in [3.05, 3.63) is 40.6 Å². The van der Waals surface area contributed by atoms with Gasteiger partial charge in [0, 0.05) is 29.6 Å². The Labute approximate surface area is 101 Å². The van der Waals surface area contributed by atoms with Crippen molar-refractivity contribution in [2.75, 3.05) is 11.9 Å². The van der Waals surface area contributed by atoms with Gasteiger partial charge in [-0.3, -0.25) is 0 Å². The maximum atomic E-state index is 4.16. The summed E-state index contributed by atoms with van der Waals surface area (Å²) < 4.78 is 5.08. The number of aromatic nitrogens is 2. The first kappa shape index (κ1) is 10.6. The Hall–Kier alpha value is -0.940. The van der Waals surface area contributed by atoms with Crippen molar-refractivity contribution < 1.29 is 0 Å². The van der Waals surface area contributed by atoms with Gasteiger partial charge in [0.1, 0.15) is 6.33 Å². The van der Waals surface area contributed by atoms with E-state index in [1.54, 1.807) is 6.33 Å². The van der Waals surface area contributed by atoms with E-state index in [0.29, 0.717) is 0 Å². The zero-order valence-corrected chi connectivity index (χ0v) is 10.6. The third-order valence-corrected chi connectivity index (χ3v) is 3.26. The van der Waals surface area contributed by atoms with Crippen molar-refractivity contribution >= 4 is 32.6 Å². The van der Waals surface area contributed by atoms with E-state index in [-0.39, 0.29) is 0 Å². The van der Waals surface area contributed by atoms with Gasteiger partial charge in [-0.2, -0.15) is 4.37 Å². The standard InChI is InChI=1S/C10H10BrN3S/c1-14(10-12-7-13-15-10)6-8-3-2-4-9(11)5-8/h2-5,7H,6H2,1H3. The lowest BCUT2D eigenvalue weighted by Gasteiger charge is -2.14. The molecule has 0 atom stereocenters. The van der Waals surface area contributed by atoms with Gasteiger partial charge in [-0.1, -0.05) is 28.1 Å². The Balaban J connectivity index is 2.09. The largest absolute Gasteiger partial charge is 0.346 e. The van der Waals surface area contributed by atoms with Crippen molar-refractivity contribution in [1.29, 1.82) is 0 Å². The zero-order chi connectivity index (χ0) is 10.7. The van der Waals surface area contributed by atoms with Crippen molar-refractivity contribution in [3.8, 4) is 0 Å². The van der Waals surface area contributed by atoms with Gasteiger partial charge in [-0.05, 0) is 17.7 Å². The molecule has 0 unspecified atom stereocenters. The highest BCUT2D eigenvalue weighted by Gasteiger charge is 2.04. The summed E-state index contributed by atoms with van der Waals surface area (Å²) in [5, 5.41) is 0.940. The van der Waals surface area contributed by atoms with E-state index >= 15 is 0 Å². The van der Waals surface area contributed by atoms with Crippen LogP contribution in [0.4, 0.5) is 5.13 Å². The number of rotatable bonds is 3. The molecule has 0 fully saturated rings. The average Bonchev–Trinajstić information content (AvgIpc) is 2.70. The van der Waals surface area contributed by atoms with Crippen LogP contribution >= 0.6 is 27.5 Å². The molecule has 0 aliphatic rings. The molecule has 3 nitrogen and oxygen atoms in total. The molecule has 1 heterocycles. The number of hydrogen-bond acceptors (Lipinski definition) is 4. The normalized spacial score (nSPS) is 10.3. The van der Waals surface area contributed by atoms with E-state index in [2.05, 4.69) is 42.3 Å². The van der Waals surface area contributed by atoms with Crippen LogP contribution in [0, 0.1) is 0 Å². The SMILES string of the molecule is CN(Cc1cccc(Br)c1)c1ncns1. The molecule has 0 saturated heterocycles. The fourth-order valence-corrected chi connectivity index (χ4v) is 2.25. The highest BCUT2D eigenvalue weighted by Crippen LogP contribution is 2.17. The van der Waals surface area contributed by atoms with E-state index in [4.69, 9.17) is 0 Å². The highest BCUT2D eigenvalue weighted by atomic mass is 79.9. The van der Waals surface area contributed by atoms with E-state index in [1.807, 2.05) is 19.2 Å². The Kier molecular flexibility index (Phi) is 3.33. The van der Waals surface area contributed by atoms with Gasteiger partial charge < -0.3 is 4.90 Å². The van der Waals surface area contributed by atoms with Gasteiger partial charge >= 0.3 is 0 Å². The highest BCUT2D eigenvalue weighted by molar-refractivity contribution is 9.10. The molecule has 0 bridgehead atoms. The Bertz CT molecular complexity index is 430. The molecule has 1 aromatic carbocycles. The predicted octanol–water partition coefficient (Wildman–Crippen LogP) is 2.94. The molecule has 78 valence electrons. The van der Waals surface area contributed by atoms with Crippen LogP contribution in [-0.4, -0.2) is 16.4 Å². The topological polar surface area (TPSA) is 29.0 Å². The van der Waals surface area contributed by atoms with Crippen LogP contribution in [0.2, 0.25) is 0 Å². The molecular formula is C10H10BrN3S. The number of anilines is 1. The summed E-state index contributed by atoms with van der Waals surface area (Å²) in [6, 6.07) is 8.27. The van der Waals surface area contributed by atoms with Gasteiger partial charge in [0.05, 0.1) is 0 Å². The minimum absolute atomic E-state index is 0.842. The molecule has 1 aromatic heterocycles. The number of halogens is 1. The number of benzene rings is 1. The molecule has 0 radical (unpaired) electrons. The first-order valence-electron chi connectivity index (χ1n) is 4.48. The quantitative estimate of drug-likeness (QED) is 0.867. The van der Waals surface area contributed by atoms with Crippen LogP contribution in [0.3, 0.4) is 0 Å². The molecule has 15 heavy (non-hydrogen) atoms. The van der Waals surface area contributed by atoms with Crippen LogP contribution in [0.25, 0.3) is 0 Å². The van der Waals surface area contributed by atoms with Gasteiger partial charge in [-0.15, -0.1) is 0 Å². The zero-order valence-electron chi connectivity index (χ0n) is 8.22. The van der Waals surface area contributed by atoms with Gasteiger partial charge in [0.2, 0.25) is 5.13 Å². The van der Waals surface area contributed by atoms with E-state index in [1.165, 1.54) is 17.1 Å². The number of nitrogens with zero attached hydrogens (tertiary/aromatic N) is 3. The van der Waals surface area contributed by atoms with E-state index in [9.17, 15) is 0 Å². The summed E-state index contributed by atoms with van der Waals surface area (Å²) in [6.07, 6.45) is 1.58. The summed E-state index contributed by atoms with van der Waals surface area (Å²) >= 11 is 4.86. The molecule has 2 rings (SSSR count). The second kappa shape index (κ2) is 4.72. The fraction of sp³-hybridized carbons (Fsp3) is 0.200. The van der Waals surface area contributed by atoms with Crippen molar-refractivity contribution in [2.24, 2.45) is 0 Å². The molecule has 0 aliphatic heterocycles. The molecule has 0 amide bonds. The summed E-state index contributed by atoms with van der Waals surface area (Å²) in [5.41, 5.74) is 1.25. The smallest absolute Gasteiger partial charge is 0.204 e. The molecular weight excluding hydrogens is 274 g/mol. The monoisotopic (exact) mass is 283 g/mol. The summed E-state index contributed by atoms with van der Waals surface area (Å²) in [7, 11) is 2.02. The molecule has 0 spiro atoms. The lowest BCUT2D eigenvalue weighted by molar-refractivity contribution is 0.913. The minimum atomic E-state index is 0.842. The Morgan fingerprint density at radius 2 is 2.33 bits per heavy atom. The maximum absolute atomic E-state index is 4.16. The number of hydrogen-bond donors (Lipinski definition) is 0. The van der Waals surface area contributed by atoms with Gasteiger partial charge in [0.15, 0.2) is 0 Å². The Morgan fingerprint density at radius 3 is 3.00 bits per heavy atom. The van der Waals surface area contributed by atoms with E-state index < -0.39 is 0 Å². The van der Waals surface area contributed by atoms with Crippen LogP contribution in [0.1, 0.15) is 5.56 Å². The van der Waals surface area contributed by atoms with Crippen molar-refractivity contribution in [1.82, 2.24) is 9.36 Å². The molecule has 0 aliphatic carbocycles. The second-order valence-electron chi connectivity index (χ2n) is 3.21. The average molecular weight is 284 g/mol. The van der Waals surface area contributed by atoms with E-state index in [0.717, 1.165) is 16.1 Å². The summed E-state index contributed by atoms with van der Waals surface area (Å²) in [4.78, 5) is 6.24. The molecule has 0 saturated carbocycles. The summed E-state index contributed by atoms with van der Waals surface area (Å²) in [5.74, 6) is 0. The minimum Gasteiger partial charge on any atom is -0.346 e. The lowest BCUT2D eigenvalue weighted by Crippen LogP contribution is -2.15. The first-order chi connectivity index (χ1) is 7.25. The van der Waals surface area contributed by atoms with Gasteiger partial charge in [0.25, 0.3) is 0 Å². The maximum Gasteiger partial charge on any atom is 0.204 e.